The van der Waals surface area contributed by atoms with Gasteiger partial charge in [-0.25, -0.2) is 13.2 Å². The number of aliphatic hydroxyl groups is 1. The Kier molecular flexibility index (Phi) is 10.2. The lowest BCUT2D eigenvalue weighted by Crippen LogP contribution is -2.38. The van der Waals surface area contributed by atoms with Crippen molar-refractivity contribution in [1.29, 1.82) is 0 Å². The molecule has 0 heterocycles. The van der Waals surface area contributed by atoms with Crippen LogP contribution in [0.5, 0.6) is 0 Å². The van der Waals surface area contributed by atoms with Crippen LogP contribution in [0.4, 0.5) is 13.2 Å². The Balaban J connectivity index is 0.000000356. The van der Waals surface area contributed by atoms with Gasteiger partial charge in [0.2, 0.25) is 0 Å². The van der Waals surface area contributed by atoms with E-state index in [0.29, 0.717) is 35.0 Å². The highest BCUT2D eigenvalue weighted by Crippen LogP contribution is 2.21. The molecular weight excluding hydrogens is 477 g/mol. The van der Waals surface area contributed by atoms with Crippen LogP contribution in [0.3, 0.4) is 0 Å². The minimum absolute atomic E-state index is 0.118. The van der Waals surface area contributed by atoms with E-state index in [-0.39, 0.29) is 18.3 Å². The lowest BCUT2D eigenvalue weighted by Gasteiger charge is -2.14. The van der Waals surface area contributed by atoms with Crippen molar-refractivity contribution in [2.75, 3.05) is 13.1 Å². The van der Waals surface area contributed by atoms with E-state index in [4.69, 9.17) is 0 Å². The zero-order valence-electron chi connectivity index (χ0n) is 20.9. The second kappa shape index (κ2) is 13.6. The van der Waals surface area contributed by atoms with Crippen molar-refractivity contribution in [3.8, 4) is 0 Å². The number of carbonyl (C=O) groups is 1. The summed E-state index contributed by atoms with van der Waals surface area (Å²) < 4.78 is 38.3. The van der Waals surface area contributed by atoms with Crippen LogP contribution in [0.2, 0.25) is 0 Å². The maximum Gasteiger partial charge on any atom is 0.252 e. The highest BCUT2D eigenvalue weighted by Gasteiger charge is 2.13. The number of benzene rings is 4. The summed E-state index contributed by atoms with van der Waals surface area (Å²) in [6.45, 7) is 4.89. The number of carbonyl (C=O) groups excluding carboxylic acids is 1. The van der Waals surface area contributed by atoms with Crippen LogP contribution in [0.1, 0.15) is 34.0 Å². The molecule has 37 heavy (non-hydrogen) atoms. The molecule has 0 radical (unpaired) electrons. The summed E-state index contributed by atoms with van der Waals surface area (Å²) in [7, 11) is 0. The van der Waals surface area contributed by atoms with Gasteiger partial charge in [0.15, 0.2) is 0 Å². The fraction of sp³-hybridized carbons (Fsp3) is 0.233. The van der Waals surface area contributed by atoms with Gasteiger partial charge in [-0.3, -0.25) is 4.79 Å². The van der Waals surface area contributed by atoms with Crippen LogP contribution in [0.15, 0.2) is 78.9 Å². The van der Waals surface area contributed by atoms with Crippen LogP contribution in [0, 0.1) is 24.4 Å². The molecule has 3 N–H and O–H groups in total. The van der Waals surface area contributed by atoms with Crippen LogP contribution in [-0.2, 0) is 13.0 Å². The quantitative estimate of drug-likeness (QED) is 0.286. The molecule has 0 aliphatic rings. The molecule has 4 nitrogen and oxygen atoms in total. The van der Waals surface area contributed by atoms with E-state index in [9.17, 15) is 23.1 Å². The highest BCUT2D eigenvalue weighted by atomic mass is 19.1. The molecule has 1 amide bonds. The maximum atomic E-state index is 13.9. The predicted molar refractivity (Wildman–Crippen MR) is 141 cm³/mol. The first-order valence-corrected chi connectivity index (χ1v) is 12.1. The van der Waals surface area contributed by atoms with Gasteiger partial charge in [-0.1, -0.05) is 55.5 Å². The van der Waals surface area contributed by atoms with E-state index in [1.165, 1.54) is 29.8 Å². The molecular formula is C30H31F3N2O2. The van der Waals surface area contributed by atoms with Crippen LogP contribution in [-0.4, -0.2) is 30.2 Å². The summed E-state index contributed by atoms with van der Waals surface area (Å²) in [5, 5.41) is 17.0. The van der Waals surface area contributed by atoms with Crippen LogP contribution < -0.4 is 10.6 Å². The summed E-state index contributed by atoms with van der Waals surface area (Å²) in [6.07, 6.45) is 0.269. The van der Waals surface area contributed by atoms with Gasteiger partial charge in [0, 0.05) is 36.7 Å². The van der Waals surface area contributed by atoms with Gasteiger partial charge >= 0.3 is 0 Å². The first-order valence-electron chi connectivity index (χ1n) is 12.1. The third-order valence-corrected chi connectivity index (χ3v) is 5.73. The van der Waals surface area contributed by atoms with Crippen LogP contribution in [0.25, 0.3) is 10.8 Å². The Labute approximate surface area is 215 Å². The normalized spacial score (nSPS) is 11.5. The maximum absolute atomic E-state index is 13.9. The van der Waals surface area contributed by atoms with Crippen molar-refractivity contribution < 1.29 is 23.1 Å². The summed E-state index contributed by atoms with van der Waals surface area (Å²) in [6, 6.07) is 21.3. The average molecular weight is 509 g/mol. The van der Waals surface area contributed by atoms with Gasteiger partial charge in [-0.15, -0.1) is 0 Å². The zero-order valence-corrected chi connectivity index (χ0v) is 20.9. The standard InChI is InChI=1S/C23H25FN2O2.C7H6F2/c1-2-16-6-5-7-17(12-16)13-25-14-18(27)15-26-23(28)21-10-11-22(24)20-9-4-3-8-19(20)21;1-5-2-6(8)4-7(9)3-5/h3-12,18,25,27H,2,13-15H2,1H3,(H,26,28);2-4H,1H3. The molecule has 1 atom stereocenters. The lowest BCUT2D eigenvalue weighted by atomic mass is 10.0. The van der Waals surface area contributed by atoms with Crippen molar-refractivity contribution in [2.24, 2.45) is 0 Å². The first-order chi connectivity index (χ1) is 17.8. The fourth-order valence-electron chi connectivity index (χ4n) is 3.87. The van der Waals surface area contributed by atoms with Gasteiger partial charge in [-0.2, -0.15) is 0 Å². The molecule has 4 aromatic carbocycles. The third-order valence-electron chi connectivity index (χ3n) is 5.73. The molecule has 0 aliphatic carbocycles. The molecule has 194 valence electrons. The Hall–Kier alpha value is -3.68. The first kappa shape index (κ1) is 27.9. The van der Waals surface area contributed by atoms with Crippen LogP contribution >= 0.6 is 0 Å². The molecule has 0 aliphatic heterocycles. The Morgan fingerprint density at radius 1 is 0.838 bits per heavy atom. The number of aryl methyl sites for hydroxylation is 2. The second-order valence-corrected chi connectivity index (χ2v) is 8.76. The third kappa shape index (κ3) is 8.44. The molecule has 0 aromatic heterocycles. The second-order valence-electron chi connectivity index (χ2n) is 8.76. The number of rotatable bonds is 8. The van der Waals surface area contributed by atoms with Gasteiger partial charge in [0.1, 0.15) is 17.5 Å². The molecule has 0 fully saturated rings. The summed E-state index contributed by atoms with van der Waals surface area (Å²) in [5.41, 5.74) is 3.44. The number of amides is 1. The molecule has 4 rings (SSSR count). The number of fused-ring (bicyclic) bond motifs is 1. The lowest BCUT2D eigenvalue weighted by molar-refractivity contribution is 0.0917. The molecule has 0 saturated carbocycles. The summed E-state index contributed by atoms with van der Waals surface area (Å²) in [4.78, 5) is 12.5. The molecule has 0 saturated heterocycles. The average Bonchev–Trinajstić information content (AvgIpc) is 2.87. The number of hydrogen-bond donors (Lipinski definition) is 3. The Morgan fingerprint density at radius 3 is 2.19 bits per heavy atom. The molecule has 1 unspecified atom stereocenters. The predicted octanol–water partition coefficient (Wildman–Crippen LogP) is 5.70. The number of nitrogens with one attached hydrogen (secondary N) is 2. The summed E-state index contributed by atoms with van der Waals surface area (Å²) >= 11 is 0. The molecule has 4 aromatic rings. The van der Waals surface area contributed by atoms with E-state index in [0.717, 1.165) is 18.1 Å². The zero-order chi connectivity index (χ0) is 26.8. The fourth-order valence-corrected chi connectivity index (χ4v) is 3.87. The van der Waals surface area contributed by atoms with E-state index >= 15 is 0 Å². The van der Waals surface area contributed by atoms with Crippen molar-refractivity contribution >= 4 is 16.7 Å². The van der Waals surface area contributed by atoms with E-state index < -0.39 is 17.7 Å². The van der Waals surface area contributed by atoms with Crippen molar-refractivity contribution in [1.82, 2.24) is 10.6 Å². The van der Waals surface area contributed by atoms with Gasteiger partial charge in [-0.05, 0) is 59.7 Å². The van der Waals surface area contributed by atoms with E-state index in [2.05, 4.69) is 29.7 Å². The minimum atomic E-state index is -0.718. The van der Waals surface area contributed by atoms with E-state index in [1.54, 1.807) is 31.2 Å². The number of hydrogen-bond acceptors (Lipinski definition) is 3. The Morgan fingerprint density at radius 2 is 1.51 bits per heavy atom. The van der Waals surface area contributed by atoms with Gasteiger partial charge < -0.3 is 15.7 Å². The van der Waals surface area contributed by atoms with Crippen molar-refractivity contribution in [3.63, 3.8) is 0 Å². The number of aliphatic hydroxyl groups excluding tert-OH is 1. The van der Waals surface area contributed by atoms with E-state index in [1.807, 2.05) is 12.1 Å². The highest BCUT2D eigenvalue weighted by molar-refractivity contribution is 6.07. The summed E-state index contributed by atoms with van der Waals surface area (Å²) in [5.74, 6) is -1.73. The van der Waals surface area contributed by atoms with Gasteiger partial charge in [0.25, 0.3) is 5.91 Å². The largest absolute Gasteiger partial charge is 0.390 e. The van der Waals surface area contributed by atoms with Crippen molar-refractivity contribution in [2.45, 2.75) is 32.9 Å². The van der Waals surface area contributed by atoms with Gasteiger partial charge in [0.05, 0.1) is 6.10 Å². The molecule has 7 heteroatoms. The van der Waals surface area contributed by atoms with Crippen molar-refractivity contribution in [3.05, 3.63) is 119 Å². The SMILES string of the molecule is CCc1cccc(CNCC(O)CNC(=O)c2ccc(F)c3ccccc23)c1.Cc1cc(F)cc(F)c1. The number of halogens is 3. The molecule has 0 bridgehead atoms. The monoisotopic (exact) mass is 508 g/mol. The molecule has 0 spiro atoms. The minimum Gasteiger partial charge on any atom is -0.390 e. The Bertz CT molecular complexity index is 1290. The smallest absolute Gasteiger partial charge is 0.252 e. The topological polar surface area (TPSA) is 61.4 Å².